The van der Waals surface area contributed by atoms with E-state index in [1.807, 2.05) is 41.3 Å². The summed E-state index contributed by atoms with van der Waals surface area (Å²) in [5, 5.41) is 3.57. The van der Waals surface area contributed by atoms with Crippen LogP contribution in [0.4, 0.5) is 0 Å². The normalized spacial score (nSPS) is 23.1. The van der Waals surface area contributed by atoms with Gasteiger partial charge in [-0.1, -0.05) is 30.3 Å². The number of hydrogen-bond acceptors (Lipinski definition) is 3. The van der Waals surface area contributed by atoms with Gasteiger partial charge in [-0.3, -0.25) is 10.1 Å². The van der Waals surface area contributed by atoms with Crippen molar-refractivity contribution < 1.29 is 4.79 Å². The summed E-state index contributed by atoms with van der Waals surface area (Å²) in [4.78, 5) is 22.4. The summed E-state index contributed by atoms with van der Waals surface area (Å²) in [7, 11) is 0. The van der Waals surface area contributed by atoms with Crippen LogP contribution in [-0.2, 0) is 5.66 Å². The van der Waals surface area contributed by atoms with E-state index in [4.69, 9.17) is 0 Å². The molecule has 1 atom stereocenters. The highest BCUT2D eigenvalue weighted by Gasteiger charge is 2.54. The topological polar surface area (TPSA) is 61.0 Å². The Hall–Kier alpha value is -2.66. The van der Waals surface area contributed by atoms with Crippen LogP contribution >= 0.6 is 0 Å². The van der Waals surface area contributed by atoms with Gasteiger partial charge in [0.1, 0.15) is 5.66 Å². The third kappa shape index (κ3) is 1.23. The fourth-order valence-electron chi connectivity index (χ4n) is 3.88. The Balaban J connectivity index is 1.89. The molecule has 2 N–H and O–H groups in total. The van der Waals surface area contributed by atoms with Gasteiger partial charge in [-0.15, -0.1) is 0 Å². The maximum absolute atomic E-state index is 12.8. The molecule has 0 aliphatic carbocycles. The van der Waals surface area contributed by atoms with Gasteiger partial charge in [0.15, 0.2) is 0 Å². The smallest absolute Gasteiger partial charge is 0.256 e. The second-order valence-electron chi connectivity index (χ2n) is 5.74. The van der Waals surface area contributed by atoms with Crippen molar-refractivity contribution in [2.45, 2.75) is 5.66 Å². The van der Waals surface area contributed by atoms with Crippen LogP contribution in [0.1, 0.15) is 21.5 Å². The lowest BCUT2D eigenvalue weighted by molar-refractivity contribution is 0.0696. The number of aromatic amines is 1. The van der Waals surface area contributed by atoms with Crippen LogP contribution in [0.25, 0.3) is 11.0 Å². The quantitative estimate of drug-likeness (QED) is 0.718. The molecule has 5 nitrogen and oxygen atoms in total. The molecule has 5 rings (SSSR count). The van der Waals surface area contributed by atoms with E-state index in [0.29, 0.717) is 6.54 Å². The highest BCUT2D eigenvalue weighted by molar-refractivity contribution is 6.01. The highest BCUT2D eigenvalue weighted by Crippen LogP contribution is 2.45. The van der Waals surface area contributed by atoms with Gasteiger partial charge in [0.25, 0.3) is 5.91 Å². The summed E-state index contributed by atoms with van der Waals surface area (Å²) in [5.74, 6) is 0.0909. The monoisotopic (exact) mass is 290 g/mol. The second-order valence-corrected chi connectivity index (χ2v) is 5.74. The molecule has 0 radical (unpaired) electrons. The van der Waals surface area contributed by atoms with Crippen molar-refractivity contribution in [3.8, 4) is 0 Å². The summed E-state index contributed by atoms with van der Waals surface area (Å²) in [6, 6.07) is 13.9. The average molecular weight is 290 g/mol. The first-order chi connectivity index (χ1) is 10.8. The van der Waals surface area contributed by atoms with Crippen LogP contribution in [0.2, 0.25) is 0 Å². The first-order valence-electron chi connectivity index (χ1n) is 7.41. The Morgan fingerprint density at radius 1 is 1.09 bits per heavy atom. The van der Waals surface area contributed by atoms with E-state index < -0.39 is 5.66 Å². The lowest BCUT2D eigenvalue weighted by Gasteiger charge is -2.33. The van der Waals surface area contributed by atoms with Gasteiger partial charge in [0.05, 0.1) is 17.4 Å². The fraction of sp³-hybridized carbons (Fsp3) is 0.176. The Morgan fingerprint density at radius 2 is 1.95 bits per heavy atom. The maximum atomic E-state index is 12.8. The van der Waals surface area contributed by atoms with Crippen molar-refractivity contribution in [1.29, 1.82) is 0 Å². The minimum atomic E-state index is -0.595. The molecule has 2 aliphatic heterocycles. The van der Waals surface area contributed by atoms with E-state index >= 15 is 0 Å². The van der Waals surface area contributed by atoms with Gasteiger partial charge in [-0.25, -0.2) is 4.98 Å². The first kappa shape index (κ1) is 11.9. The molecule has 5 heteroatoms. The van der Waals surface area contributed by atoms with Gasteiger partial charge in [0, 0.05) is 29.8 Å². The molecule has 0 saturated carbocycles. The zero-order valence-electron chi connectivity index (χ0n) is 11.8. The van der Waals surface area contributed by atoms with E-state index in [1.165, 1.54) is 0 Å². The van der Waals surface area contributed by atoms with Crippen molar-refractivity contribution >= 4 is 16.9 Å². The van der Waals surface area contributed by atoms with Gasteiger partial charge < -0.3 is 9.88 Å². The molecule has 1 fully saturated rings. The van der Waals surface area contributed by atoms with E-state index in [9.17, 15) is 4.79 Å². The molecule has 1 aromatic heterocycles. The minimum absolute atomic E-state index is 0.0909. The van der Waals surface area contributed by atoms with E-state index in [0.717, 1.165) is 34.3 Å². The Labute approximate surface area is 127 Å². The van der Waals surface area contributed by atoms with Crippen molar-refractivity contribution in [1.82, 2.24) is 20.2 Å². The molecule has 1 saturated heterocycles. The highest BCUT2D eigenvalue weighted by atomic mass is 16.2. The number of carbonyl (C=O) groups is 1. The predicted molar refractivity (Wildman–Crippen MR) is 82.4 cm³/mol. The number of benzene rings is 2. The Morgan fingerprint density at radius 3 is 2.91 bits per heavy atom. The van der Waals surface area contributed by atoms with E-state index in [-0.39, 0.29) is 5.91 Å². The predicted octanol–water partition coefficient (Wildman–Crippen LogP) is 1.82. The molecule has 3 heterocycles. The largest absolute Gasteiger partial charge is 0.345 e. The number of aromatic nitrogens is 2. The number of nitrogens with one attached hydrogen (secondary N) is 2. The third-order valence-electron chi connectivity index (χ3n) is 4.75. The lowest BCUT2D eigenvalue weighted by atomic mass is 9.90. The van der Waals surface area contributed by atoms with Crippen molar-refractivity contribution in [2.75, 3.05) is 13.1 Å². The number of amides is 1. The number of para-hydroxylation sites is 1. The average Bonchev–Trinajstić information content (AvgIpc) is 3.24. The molecule has 0 spiro atoms. The number of carbonyl (C=O) groups excluding carboxylic acids is 1. The van der Waals surface area contributed by atoms with Gasteiger partial charge in [-0.2, -0.15) is 0 Å². The molecule has 108 valence electrons. The number of fused-ring (bicyclic) bond motifs is 4. The Bertz CT molecular complexity index is 916. The zero-order valence-corrected chi connectivity index (χ0v) is 11.8. The van der Waals surface area contributed by atoms with Crippen LogP contribution in [0, 0.1) is 0 Å². The summed E-state index contributed by atoms with van der Waals surface area (Å²) in [6.45, 7) is 1.48. The number of nitrogens with zero attached hydrogens (tertiary/aromatic N) is 2. The van der Waals surface area contributed by atoms with Gasteiger partial charge >= 0.3 is 0 Å². The molecule has 2 aromatic carbocycles. The molecule has 2 aliphatic rings. The Kier molecular flexibility index (Phi) is 2.15. The molecular weight excluding hydrogens is 276 g/mol. The summed E-state index contributed by atoms with van der Waals surface area (Å²) in [6.07, 6.45) is 1.70. The number of rotatable bonds is 1. The summed E-state index contributed by atoms with van der Waals surface area (Å²) >= 11 is 0. The van der Waals surface area contributed by atoms with Crippen molar-refractivity contribution in [3.05, 3.63) is 65.5 Å². The standard InChI is InChI=1S/C17H14N4O/c22-16-11-4-1-2-5-12(11)17(20-8-9-21(16)17)13-6-3-7-14-15(13)19-10-18-14/h1-7,10,20H,8-9H2,(H,18,19). The van der Waals surface area contributed by atoms with Crippen molar-refractivity contribution in [3.63, 3.8) is 0 Å². The summed E-state index contributed by atoms with van der Waals surface area (Å²) < 4.78 is 0. The third-order valence-corrected chi connectivity index (χ3v) is 4.75. The zero-order chi connectivity index (χ0) is 14.7. The van der Waals surface area contributed by atoms with E-state index in [2.05, 4.69) is 21.4 Å². The number of hydrogen-bond donors (Lipinski definition) is 2. The van der Waals surface area contributed by atoms with E-state index in [1.54, 1.807) is 6.33 Å². The molecule has 1 unspecified atom stereocenters. The second kappa shape index (κ2) is 3.96. The SMILES string of the molecule is O=C1c2ccccc2C2(c3cccc4[nH]cnc34)NCCN12. The van der Waals surface area contributed by atoms with Gasteiger partial charge in [0.2, 0.25) is 0 Å². The molecule has 3 aromatic rings. The maximum Gasteiger partial charge on any atom is 0.256 e. The molecule has 1 amide bonds. The molecule has 0 bridgehead atoms. The number of H-pyrrole nitrogens is 1. The van der Waals surface area contributed by atoms with Gasteiger partial charge in [-0.05, 0) is 12.1 Å². The van der Waals surface area contributed by atoms with Crippen LogP contribution in [0.15, 0.2) is 48.8 Å². The molecular formula is C17H14N4O. The van der Waals surface area contributed by atoms with Crippen LogP contribution in [0.3, 0.4) is 0 Å². The molecule has 22 heavy (non-hydrogen) atoms. The lowest BCUT2D eigenvalue weighted by Crippen LogP contribution is -2.47. The fourth-order valence-corrected chi connectivity index (χ4v) is 3.88. The van der Waals surface area contributed by atoms with Crippen LogP contribution in [0.5, 0.6) is 0 Å². The first-order valence-corrected chi connectivity index (χ1v) is 7.41. The number of imidazole rings is 1. The minimum Gasteiger partial charge on any atom is -0.345 e. The van der Waals surface area contributed by atoms with Crippen LogP contribution in [-0.4, -0.2) is 33.9 Å². The summed E-state index contributed by atoms with van der Waals surface area (Å²) in [5.41, 5.74) is 4.13. The van der Waals surface area contributed by atoms with Crippen molar-refractivity contribution in [2.24, 2.45) is 0 Å². The van der Waals surface area contributed by atoms with Crippen LogP contribution < -0.4 is 5.32 Å².